The van der Waals surface area contributed by atoms with Crippen molar-refractivity contribution in [1.82, 2.24) is 30.2 Å². The molecular formula is C17H22N6O4. The predicted molar refractivity (Wildman–Crippen MR) is 94.8 cm³/mol. The Labute approximate surface area is 156 Å². The normalized spacial score (nSPS) is 16.8. The molecule has 1 unspecified atom stereocenters. The second-order valence-electron chi connectivity index (χ2n) is 6.16. The first kappa shape index (κ1) is 18.8. The number of aromatic nitrogens is 4. The summed E-state index contributed by atoms with van der Waals surface area (Å²) < 4.78 is 12.1. The predicted octanol–water partition coefficient (Wildman–Crippen LogP) is -0.288. The molecule has 0 aliphatic carbocycles. The van der Waals surface area contributed by atoms with E-state index in [9.17, 15) is 9.59 Å². The van der Waals surface area contributed by atoms with Crippen LogP contribution < -0.4 is 10.1 Å². The van der Waals surface area contributed by atoms with Crippen molar-refractivity contribution in [3.63, 3.8) is 0 Å². The zero-order valence-electron chi connectivity index (χ0n) is 15.3. The summed E-state index contributed by atoms with van der Waals surface area (Å²) in [4.78, 5) is 29.4. The molecule has 0 saturated carbocycles. The minimum absolute atomic E-state index is 0.0737. The lowest BCUT2D eigenvalue weighted by atomic mass is 10.2. The van der Waals surface area contributed by atoms with E-state index in [0.717, 1.165) is 5.56 Å². The summed E-state index contributed by atoms with van der Waals surface area (Å²) in [6.07, 6.45) is 3.14. The van der Waals surface area contributed by atoms with Gasteiger partial charge in [-0.1, -0.05) is 5.21 Å². The number of pyridine rings is 1. The Morgan fingerprint density at radius 1 is 1.41 bits per heavy atom. The number of morpholine rings is 1. The molecule has 10 nitrogen and oxygen atoms in total. The van der Waals surface area contributed by atoms with Crippen molar-refractivity contribution >= 4 is 11.8 Å². The summed E-state index contributed by atoms with van der Waals surface area (Å²) in [6.45, 7) is 3.31. The summed E-state index contributed by atoms with van der Waals surface area (Å²) in [7, 11) is 1.55. The molecule has 27 heavy (non-hydrogen) atoms. The van der Waals surface area contributed by atoms with Crippen LogP contribution >= 0.6 is 0 Å². The zero-order valence-corrected chi connectivity index (χ0v) is 15.3. The summed E-state index contributed by atoms with van der Waals surface area (Å²) in [5.74, 6) is 0.322. The molecule has 2 amide bonds. The van der Waals surface area contributed by atoms with Crippen LogP contribution in [0, 0.1) is 0 Å². The fraction of sp³-hybridized carbons (Fsp3) is 0.471. The summed E-state index contributed by atoms with van der Waals surface area (Å²) >= 11 is 0. The highest BCUT2D eigenvalue weighted by atomic mass is 16.5. The van der Waals surface area contributed by atoms with Gasteiger partial charge in [-0.3, -0.25) is 9.59 Å². The third-order valence-corrected chi connectivity index (χ3v) is 4.15. The first-order chi connectivity index (χ1) is 13.0. The van der Waals surface area contributed by atoms with Gasteiger partial charge in [0.25, 0.3) is 0 Å². The van der Waals surface area contributed by atoms with E-state index in [2.05, 4.69) is 20.6 Å². The van der Waals surface area contributed by atoms with Crippen molar-refractivity contribution in [1.29, 1.82) is 0 Å². The molecule has 1 fully saturated rings. The van der Waals surface area contributed by atoms with Gasteiger partial charge in [0, 0.05) is 44.4 Å². The molecule has 1 aliphatic rings. The highest BCUT2D eigenvalue weighted by Crippen LogP contribution is 2.17. The molecule has 0 bridgehead atoms. The van der Waals surface area contributed by atoms with Crippen LogP contribution in [0.2, 0.25) is 0 Å². The molecule has 0 radical (unpaired) electrons. The number of rotatable bonds is 6. The van der Waals surface area contributed by atoms with E-state index in [1.165, 1.54) is 11.6 Å². The number of amides is 2. The first-order valence-corrected chi connectivity index (χ1v) is 8.59. The fourth-order valence-electron chi connectivity index (χ4n) is 2.73. The molecule has 10 heteroatoms. The van der Waals surface area contributed by atoms with Gasteiger partial charge in [-0.05, 0) is 6.07 Å². The van der Waals surface area contributed by atoms with Gasteiger partial charge < -0.3 is 19.7 Å². The van der Waals surface area contributed by atoms with Gasteiger partial charge in [-0.2, -0.15) is 0 Å². The van der Waals surface area contributed by atoms with E-state index in [-0.39, 0.29) is 24.5 Å². The minimum atomic E-state index is -0.205. The van der Waals surface area contributed by atoms with Gasteiger partial charge in [0.2, 0.25) is 17.7 Å². The molecule has 1 N–H and O–H groups in total. The van der Waals surface area contributed by atoms with E-state index in [0.29, 0.717) is 37.8 Å². The topological polar surface area (TPSA) is 111 Å². The largest absolute Gasteiger partial charge is 0.481 e. The zero-order chi connectivity index (χ0) is 19.2. The number of carbonyl (C=O) groups is 2. The molecule has 3 heterocycles. The van der Waals surface area contributed by atoms with Gasteiger partial charge in [0.1, 0.15) is 12.2 Å². The molecule has 2 aromatic heterocycles. The lowest BCUT2D eigenvalue weighted by molar-refractivity contribution is -0.139. The van der Waals surface area contributed by atoms with E-state index < -0.39 is 0 Å². The smallest absolute Gasteiger partial charge is 0.244 e. The van der Waals surface area contributed by atoms with Crippen LogP contribution in [0.1, 0.15) is 6.92 Å². The molecule has 1 aliphatic heterocycles. The molecule has 1 atom stereocenters. The molecular weight excluding hydrogens is 352 g/mol. The summed E-state index contributed by atoms with van der Waals surface area (Å²) in [5.41, 5.74) is 1.42. The van der Waals surface area contributed by atoms with Gasteiger partial charge >= 0.3 is 0 Å². The maximum absolute atomic E-state index is 12.5. The number of ether oxygens (including phenoxy) is 2. The number of carbonyl (C=O) groups excluding carboxylic acids is 2. The maximum atomic E-state index is 12.5. The molecule has 0 aromatic carbocycles. The van der Waals surface area contributed by atoms with Gasteiger partial charge in [0.05, 0.1) is 26.0 Å². The highest BCUT2D eigenvalue weighted by Gasteiger charge is 2.24. The number of nitrogens with one attached hydrogen (secondary N) is 1. The van der Waals surface area contributed by atoms with Crippen LogP contribution in [0.25, 0.3) is 11.3 Å². The van der Waals surface area contributed by atoms with Crippen LogP contribution in [-0.4, -0.2) is 76.1 Å². The monoisotopic (exact) mass is 374 g/mol. The highest BCUT2D eigenvalue weighted by molar-refractivity contribution is 5.76. The van der Waals surface area contributed by atoms with E-state index in [1.807, 2.05) is 6.07 Å². The second-order valence-corrected chi connectivity index (χ2v) is 6.16. The lowest BCUT2D eigenvalue weighted by Gasteiger charge is -2.33. The molecule has 2 aromatic rings. The van der Waals surface area contributed by atoms with Crippen molar-refractivity contribution in [3.8, 4) is 17.1 Å². The van der Waals surface area contributed by atoms with Crippen LogP contribution in [0.15, 0.2) is 24.5 Å². The first-order valence-electron chi connectivity index (χ1n) is 8.59. The number of hydrogen-bond acceptors (Lipinski definition) is 7. The Morgan fingerprint density at radius 3 is 2.96 bits per heavy atom. The molecule has 1 saturated heterocycles. The average Bonchev–Trinajstić information content (AvgIpc) is 3.15. The van der Waals surface area contributed by atoms with Crippen molar-refractivity contribution in [3.05, 3.63) is 24.5 Å². The second kappa shape index (κ2) is 8.58. The minimum Gasteiger partial charge on any atom is -0.481 e. The summed E-state index contributed by atoms with van der Waals surface area (Å²) in [6, 6.07) is 3.57. The Morgan fingerprint density at radius 2 is 2.26 bits per heavy atom. The number of hydrogen-bond donors (Lipinski definition) is 1. The van der Waals surface area contributed by atoms with Crippen molar-refractivity contribution < 1.29 is 19.1 Å². The fourth-order valence-corrected chi connectivity index (χ4v) is 2.73. The van der Waals surface area contributed by atoms with Gasteiger partial charge in [0.15, 0.2) is 0 Å². The van der Waals surface area contributed by atoms with Crippen molar-refractivity contribution in [2.45, 2.75) is 19.6 Å². The quantitative estimate of drug-likeness (QED) is 0.740. The van der Waals surface area contributed by atoms with Crippen molar-refractivity contribution in [2.75, 3.05) is 33.4 Å². The Kier molecular flexibility index (Phi) is 5.97. The molecule has 144 valence electrons. The Bertz CT molecular complexity index is 791. The summed E-state index contributed by atoms with van der Waals surface area (Å²) in [5, 5.41) is 10.8. The van der Waals surface area contributed by atoms with E-state index in [4.69, 9.17) is 9.47 Å². The van der Waals surface area contributed by atoms with Crippen LogP contribution in [0.4, 0.5) is 0 Å². The maximum Gasteiger partial charge on any atom is 0.244 e. The third-order valence-electron chi connectivity index (χ3n) is 4.15. The average molecular weight is 374 g/mol. The Hall–Kier alpha value is -3.01. The van der Waals surface area contributed by atoms with Gasteiger partial charge in [-0.15, -0.1) is 5.10 Å². The van der Waals surface area contributed by atoms with Gasteiger partial charge in [-0.25, -0.2) is 9.67 Å². The van der Waals surface area contributed by atoms with Crippen LogP contribution in [0.5, 0.6) is 5.88 Å². The third kappa shape index (κ3) is 5.00. The van der Waals surface area contributed by atoms with E-state index in [1.54, 1.807) is 30.5 Å². The van der Waals surface area contributed by atoms with E-state index >= 15 is 0 Å². The standard InChI is InChI=1S/C17H22N6O4/c1-12(24)18-8-14-9-22(5-6-27-14)17(25)11-23-10-15(20-21-23)13-3-4-16(26-2)19-7-13/h3-4,7,10,14H,5-6,8-9,11H2,1-2H3,(H,18,24). The lowest BCUT2D eigenvalue weighted by Crippen LogP contribution is -2.50. The molecule has 0 spiro atoms. The van der Waals surface area contributed by atoms with Crippen LogP contribution in [0.3, 0.4) is 0 Å². The molecule has 3 rings (SSSR count). The SMILES string of the molecule is COc1ccc(-c2cn(CC(=O)N3CCOC(CNC(C)=O)C3)nn2)cn1. The number of methoxy groups -OCH3 is 1. The van der Waals surface area contributed by atoms with Crippen molar-refractivity contribution in [2.24, 2.45) is 0 Å². The van der Waals surface area contributed by atoms with Crippen LogP contribution in [-0.2, 0) is 20.9 Å². The number of nitrogens with zero attached hydrogens (tertiary/aromatic N) is 5. The Balaban J connectivity index is 1.57.